The highest BCUT2D eigenvalue weighted by molar-refractivity contribution is 5.78. The van der Waals surface area contributed by atoms with Crippen molar-refractivity contribution in [2.24, 2.45) is 0 Å². The van der Waals surface area contributed by atoms with Gasteiger partial charge in [0.25, 0.3) is 0 Å². The SMILES string of the molecule is CCC(C)NC(=O)CN1CCN(CC(=O)NCCc2c(C)cc(C)cc2C)CC1. The molecule has 162 valence electrons. The van der Waals surface area contributed by atoms with Crippen molar-refractivity contribution in [2.45, 2.75) is 53.5 Å². The van der Waals surface area contributed by atoms with Gasteiger partial charge in [0.15, 0.2) is 0 Å². The van der Waals surface area contributed by atoms with Crippen molar-refractivity contribution in [1.29, 1.82) is 0 Å². The molecule has 1 fully saturated rings. The van der Waals surface area contributed by atoms with E-state index in [1.165, 1.54) is 22.3 Å². The lowest BCUT2D eigenvalue weighted by molar-refractivity contribution is -0.125. The molecule has 29 heavy (non-hydrogen) atoms. The molecule has 1 aliphatic heterocycles. The smallest absolute Gasteiger partial charge is 0.234 e. The van der Waals surface area contributed by atoms with Crippen LogP contribution in [0.15, 0.2) is 12.1 Å². The molecule has 0 radical (unpaired) electrons. The molecule has 1 atom stereocenters. The Morgan fingerprint density at radius 1 is 0.966 bits per heavy atom. The van der Waals surface area contributed by atoms with E-state index in [0.29, 0.717) is 19.6 Å². The molecule has 1 aromatic rings. The molecule has 2 amide bonds. The maximum absolute atomic E-state index is 12.3. The fourth-order valence-electron chi connectivity index (χ4n) is 3.92. The quantitative estimate of drug-likeness (QED) is 0.661. The first-order valence-corrected chi connectivity index (χ1v) is 10.9. The van der Waals surface area contributed by atoms with Crippen LogP contribution in [0.25, 0.3) is 0 Å². The molecule has 0 aromatic heterocycles. The molecular formula is C23H38N4O2. The summed E-state index contributed by atoms with van der Waals surface area (Å²) >= 11 is 0. The minimum atomic E-state index is 0.0791. The molecule has 0 bridgehead atoms. The molecule has 1 unspecified atom stereocenters. The maximum Gasteiger partial charge on any atom is 0.234 e. The van der Waals surface area contributed by atoms with Crippen molar-refractivity contribution in [3.8, 4) is 0 Å². The first kappa shape index (κ1) is 23.4. The molecule has 1 aromatic carbocycles. The second-order valence-electron chi connectivity index (χ2n) is 8.41. The first-order valence-electron chi connectivity index (χ1n) is 10.9. The van der Waals surface area contributed by atoms with E-state index in [9.17, 15) is 9.59 Å². The van der Waals surface area contributed by atoms with Gasteiger partial charge in [-0.3, -0.25) is 19.4 Å². The molecule has 2 rings (SSSR count). The Labute approximate surface area is 176 Å². The predicted molar refractivity (Wildman–Crippen MR) is 118 cm³/mol. The second kappa shape index (κ2) is 11.3. The number of amides is 2. The van der Waals surface area contributed by atoms with Gasteiger partial charge in [-0.2, -0.15) is 0 Å². The molecule has 0 saturated carbocycles. The lowest BCUT2D eigenvalue weighted by atomic mass is 9.97. The molecule has 0 spiro atoms. The Bertz CT molecular complexity index is 673. The summed E-state index contributed by atoms with van der Waals surface area (Å²) in [6.07, 6.45) is 1.81. The number of benzene rings is 1. The summed E-state index contributed by atoms with van der Waals surface area (Å²) in [5, 5.41) is 6.07. The van der Waals surface area contributed by atoms with E-state index in [-0.39, 0.29) is 17.9 Å². The predicted octanol–water partition coefficient (Wildman–Crippen LogP) is 1.80. The van der Waals surface area contributed by atoms with Crippen LogP contribution in [0, 0.1) is 20.8 Å². The lowest BCUT2D eigenvalue weighted by Gasteiger charge is -2.34. The summed E-state index contributed by atoms with van der Waals surface area (Å²) in [6.45, 7) is 15.3. The van der Waals surface area contributed by atoms with Gasteiger partial charge >= 0.3 is 0 Å². The number of nitrogens with one attached hydrogen (secondary N) is 2. The first-order chi connectivity index (χ1) is 13.8. The van der Waals surface area contributed by atoms with Crippen LogP contribution in [0.5, 0.6) is 0 Å². The molecular weight excluding hydrogens is 364 g/mol. The minimum absolute atomic E-state index is 0.0791. The fourth-order valence-corrected chi connectivity index (χ4v) is 3.92. The zero-order valence-electron chi connectivity index (χ0n) is 18.8. The van der Waals surface area contributed by atoms with Crippen molar-refractivity contribution < 1.29 is 9.59 Å². The number of nitrogens with zero attached hydrogens (tertiary/aromatic N) is 2. The van der Waals surface area contributed by atoms with Crippen LogP contribution in [0.4, 0.5) is 0 Å². The van der Waals surface area contributed by atoms with E-state index >= 15 is 0 Å². The Morgan fingerprint density at radius 2 is 1.48 bits per heavy atom. The molecule has 6 heteroatoms. The van der Waals surface area contributed by atoms with Crippen molar-refractivity contribution in [3.05, 3.63) is 34.4 Å². The maximum atomic E-state index is 12.3. The molecule has 1 aliphatic rings. The number of hydrogen-bond acceptors (Lipinski definition) is 4. The van der Waals surface area contributed by atoms with Gasteiger partial charge < -0.3 is 10.6 Å². The van der Waals surface area contributed by atoms with Gasteiger partial charge in [-0.1, -0.05) is 24.6 Å². The van der Waals surface area contributed by atoms with Gasteiger partial charge in [0.1, 0.15) is 0 Å². The topological polar surface area (TPSA) is 64.7 Å². The normalized spacial score (nSPS) is 16.4. The largest absolute Gasteiger partial charge is 0.355 e. The zero-order chi connectivity index (χ0) is 21.4. The van der Waals surface area contributed by atoms with Crippen molar-refractivity contribution in [1.82, 2.24) is 20.4 Å². The number of aryl methyl sites for hydroxylation is 3. The minimum Gasteiger partial charge on any atom is -0.355 e. The zero-order valence-corrected chi connectivity index (χ0v) is 18.8. The Balaban J connectivity index is 1.66. The summed E-state index contributed by atoms with van der Waals surface area (Å²) in [5.41, 5.74) is 5.21. The Hall–Kier alpha value is -1.92. The van der Waals surface area contributed by atoms with Crippen LogP contribution in [0.1, 0.15) is 42.5 Å². The van der Waals surface area contributed by atoms with Gasteiger partial charge in [0.2, 0.25) is 11.8 Å². The molecule has 2 N–H and O–H groups in total. The van der Waals surface area contributed by atoms with Crippen molar-refractivity contribution >= 4 is 11.8 Å². The van der Waals surface area contributed by atoms with Gasteiger partial charge in [-0.15, -0.1) is 0 Å². The number of carbonyl (C=O) groups is 2. The average Bonchev–Trinajstić information content (AvgIpc) is 2.65. The fraction of sp³-hybridized carbons (Fsp3) is 0.652. The van der Waals surface area contributed by atoms with Crippen LogP contribution in [-0.2, 0) is 16.0 Å². The van der Waals surface area contributed by atoms with Gasteiger partial charge in [-0.25, -0.2) is 0 Å². The van der Waals surface area contributed by atoms with Crippen LogP contribution in [0.3, 0.4) is 0 Å². The molecule has 1 heterocycles. The standard InChI is InChI=1S/C23H38N4O2/c1-6-20(5)25-23(29)16-27-11-9-26(10-12-27)15-22(28)24-8-7-21-18(3)13-17(2)14-19(21)4/h13-14,20H,6-12,15-16H2,1-5H3,(H,24,28)(H,25,29). The van der Waals surface area contributed by atoms with Crippen LogP contribution in [-0.4, -0.2) is 73.5 Å². The summed E-state index contributed by atoms with van der Waals surface area (Å²) in [6, 6.07) is 4.62. The third kappa shape index (κ3) is 7.78. The second-order valence-corrected chi connectivity index (χ2v) is 8.41. The van der Waals surface area contributed by atoms with E-state index in [1.54, 1.807) is 0 Å². The van der Waals surface area contributed by atoms with E-state index in [2.05, 4.69) is 60.3 Å². The van der Waals surface area contributed by atoms with Crippen LogP contribution >= 0.6 is 0 Å². The van der Waals surface area contributed by atoms with Crippen molar-refractivity contribution in [2.75, 3.05) is 45.8 Å². The van der Waals surface area contributed by atoms with Crippen molar-refractivity contribution in [3.63, 3.8) is 0 Å². The van der Waals surface area contributed by atoms with Crippen LogP contribution < -0.4 is 10.6 Å². The van der Waals surface area contributed by atoms with E-state index in [1.807, 2.05) is 6.92 Å². The van der Waals surface area contributed by atoms with Crippen LogP contribution in [0.2, 0.25) is 0 Å². The molecule has 0 aliphatic carbocycles. The Morgan fingerprint density at radius 3 is 2.00 bits per heavy atom. The highest BCUT2D eigenvalue weighted by atomic mass is 16.2. The Kier molecular flexibility index (Phi) is 9.11. The average molecular weight is 403 g/mol. The summed E-state index contributed by atoms with van der Waals surface area (Å²) in [4.78, 5) is 28.6. The number of hydrogen-bond donors (Lipinski definition) is 2. The van der Waals surface area contributed by atoms with E-state index in [0.717, 1.165) is 39.0 Å². The number of rotatable bonds is 9. The van der Waals surface area contributed by atoms with Gasteiger partial charge in [0, 0.05) is 38.8 Å². The summed E-state index contributed by atoms with van der Waals surface area (Å²) < 4.78 is 0. The third-order valence-electron chi connectivity index (χ3n) is 5.76. The highest BCUT2D eigenvalue weighted by Crippen LogP contribution is 2.16. The summed E-state index contributed by atoms with van der Waals surface area (Å²) in [7, 11) is 0. The number of piperazine rings is 1. The lowest BCUT2D eigenvalue weighted by Crippen LogP contribution is -2.52. The number of carbonyl (C=O) groups excluding carboxylic acids is 2. The van der Waals surface area contributed by atoms with E-state index < -0.39 is 0 Å². The third-order valence-corrected chi connectivity index (χ3v) is 5.76. The highest BCUT2D eigenvalue weighted by Gasteiger charge is 2.20. The monoisotopic (exact) mass is 402 g/mol. The molecule has 1 saturated heterocycles. The van der Waals surface area contributed by atoms with Gasteiger partial charge in [0.05, 0.1) is 13.1 Å². The van der Waals surface area contributed by atoms with Gasteiger partial charge in [-0.05, 0) is 57.2 Å². The molecule has 6 nitrogen and oxygen atoms in total. The summed E-state index contributed by atoms with van der Waals surface area (Å²) in [5.74, 6) is 0.169. The van der Waals surface area contributed by atoms with E-state index in [4.69, 9.17) is 0 Å².